The number of anilines is 2. The number of hydrogen-bond donors (Lipinski definition) is 1. The molecule has 0 aliphatic heterocycles. The van der Waals surface area contributed by atoms with Gasteiger partial charge in [0.25, 0.3) is 0 Å². The van der Waals surface area contributed by atoms with E-state index in [0.717, 1.165) is 11.1 Å². The van der Waals surface area contributed by atoms with Crippen molar-refractivity contribution in [1.82, 2.24) is 9.97 Å². The van der Waals surface area contributed by atoms with E-state index in [9.17, 15) is 9.59 Å². The molecule has 0 fully saturated rings. The highest BCUT2D eigenvalue weighted by atomic mass is 35.5. The predicted octanol–water partition coefficient (Wildman–Crippen LogP) is 5.29. The molecule has 36 heavy (non-hydrogen) atoms. The Morgan fingerprint density at radius 2 is 1.72 bits per heavy atom. The van der Waals surface area contributed by atoms with Crippen molar-refractivity contribution in [2.24, 2.45) is 0 Å². The largest absolute Gasteiger partial charge is 0.495 e. The van der Waals surface area contributed by atoms with Gasteiger partial charge in [0, 0.05) is 48.5 Å². The first-order chi connectivity index (χ1) is 17.3. The van der Waals surface area contributed by atoms with Crippen LogP contribution in [0.25, 0.3) is 0 Å². The van der Waals surface area contributed by atoms with Crippen LogP contribution in [0.2, 0.25) is 10.0 Å². The van der Waals surface area contributed by atoms with Gasteiger partial charge in [-0.1, -0.05) is 53.0 Å². The second-order valence-electron chi connectivity index (χ2n) is 7.50. The zero-order chi connectivity index (χ0) is 26.2. The number of halogens is 3. The summed E-state index contributed by atoms with van der Waals surface area (Å²) in [6.45, 7) is 0. The lowest BCUT2D eigenvalue weighted by Gasteiger charge is -2.19. The second kappa shape index (κ2) is 12.6. The molecule has 11 heteroatoms. The smallest absolute Gasteiger partial charge is 0.249 e. The van der Waals surface area contributed by atoms with Gasteiger partial charge in [-0.25, -0.2) is 9.97 Å². The van der Waals surface area contributed by atoms with Gasteiger partial charge in [-0.05, 0) is 11.6 Å². The molecule has 0 atom stereocenters. The van der Waals surface area contributed by atoms with Crippen LogP contribution in [0.15, 0.2) is 54.3 Å². The Balaban J connectivity index is 1.82. The topological polar surface area (TPSA) is 93.7 Å². The quantitative estimate of drug-likeness (QED) is 0.365. The normalized spacial score (nSPS) is 10.8. The lowest BCUT2D eigenvalue weighted by atomic mass is 10.1. The number of likely N-dealkylation sites (N-methyl/N-ethyl adjacent to an activating group) is 1. The van der Waals surface area contributed by atoms with Crippen LogP contribution in [-0.4, -0.2) is 43.0 Å². The summed E-state index contributed by atoms with van der Waals surface area (Å²) >= 11 is 18.3. The molecule has 0 saturated carbocycles. The van der Waals surface area contributed by atoms with Gasteiger partial charge in [0.05, 0.1) is 36.4 Å². The van der Waals surface area contributed by atoms with Gasteiger partial charge in [0.2, 0.25) is 11.8 Å². The first kappa shape index (κ1) is 27.3. The highest BCUT2D eigenvalue weighted by molar-refractivity contribution is 6.38. The van der Waals surface area contributed by atoms with Crippen molar-refractivity contribution in [2.75, 3.05) is 31.5 Å². The van der Waals surface area contributed by atoms with E-state index in [2.05, 4.69) is 15.3 Å². The average Bonchev–Trinajstić information content (AvgIpc) is 2.87. The summed E-state index contributed by atoms with van der Waals surface area (Å²) in [7, 11) is 4.53. The molecule has 0 bridgehead atoms. The average molecular weight is 550 g/mol. The minimum absolute atomic E-state index is 0.107. The maximum absolute atomic E-state index is 13.1. The van der Waals surface area contributed by atoms with Crippen molar-refractivity contribution < 1.29 is 19.1 Å². The molecule has 0 unspecified atom stereocenters. The standard InChI is InChI=1S/C25H23Cl3N4O4/c1-32(23(34)12-17-24(27)19(35-2)13-20(36-3)25(17)28)21-11-16(29-14-30-21)10-15-6-4-5-7-18(15)31-22(33)8-9-26/h4-9,11,13-14H,10,12H2,1-3H3,(H,31,33)/b9-8+. The molecule has 1 aromatic heterocycles. The van der Waals surface area contributed by atoms with E-state index in [1.165, 1.54) is 31.5 Å². The van der Waals surface area contributed by atoms with Gasteiger partial charge in [-0.15, -0.1) is 0 Å². The van der Waals surface area contributed by atoms with E-state index in [-0.39, 0.29) is 28.3 Å². The van der Waals surface area contributed by atoms with Crippen molar-refractivity contribution in [3.8, 4) is 11.5 Å². The van der Waals surface area contributed by atoms with Crippen LogP contribution in [0.1, 0.15) is 16.8 Å². The Morgan fingerprint density at radius 1 is 1.06 bits per heavy atom. The summed E-state index contributed by atoms with van der Waals surface area (Å²) in [4.78, 5) is 35.0. The Hall–Kier alpha value is -3.33. The van der Waals surface area contributed by atoms with E-state index in [4.69, 9.17) is 44.3 Å². The zero-order valence-electron chi connectivity index (χ0n) is 19.7. The molecule has 0 aliphatic carbocycles. The van der Waals surface area contributed by atoms with E-state index in [1.807, 2.05) is 18.2 Å². The Kier molecular flexibility index (Phi) is 9.52. The predicted molar refractivity (Wildman–Crippen MR) is 142 cm³/mol. The third-order valence-electron chi connectivity index (χ3n) is 5.28. The van der Waals surface area contributed by atoms with Gasteiger partial charge >= 0.3 is 0 Å². The Labute approximate surface area is 223 Å². The van der Waals surface area contributed by atoms with Crippen LogP contribution in [0, 0.1) is 0 Å². The monoisotopic (exact) mass is 548 g/mol. The minimum Gasteiger partial charge on any atom is -0.495 e. The number of carbonyl (C=O) groups is 2. The Morgan fingerprint density at radius 3 is 2.36 bits per heavy atom. The summed E-state index contributed by atoms with van der Waals surface area (Å²) < 4.78 is 10.6. The number of para-hydroxylation sites is 1. The summed E-state index contributed by atoms with van der Waals surface area (Å²) in [5, 5.41) is 3.25. The number of carbonyl (C=O) groups excluding carboxylic acids is 2. The Bertz CT molecular complexity index is 1270. The van der Waals surface area contributed by atoms with Gasteiger partial charge < -0.3 is 14.8 Å². The van der Waals surface area contributed by atoms with Crippen molar-refractivity contribution >= 4 is 58.1 Å². The minimum atomic E-state index is -0.349. The van der Waals surface area contributed by atoms with Gasteiger partial charge in [0.15, 0.2) is 0 Å². The van der Waals surface area contributed by atoms with Crippen LogP contribution >= 0.6 is 34.8 Å². The van der Waals surface area contributed by atoms with Crippen molar-refractivity contribution in [2.45, 2.75) is 12.8 Å². The van der Waals surface area contributed by atoms with Crippen LogP contribution in [-0.2, 0) is 22.4 Å². The molecule has 0 radical (unpaired) electrons. The molecular formula is C25H23Cl3N4O4. The van der Waals surface area contributed by atoms with E-state index in [1.54, 1.807) is 25.2 Å². The van der Waals surface area contributed by atoms with Gasteiger partial charge in [-0.2, -0.15) is 0 Å². The molecule has 3 rings (SSSR count). The fourth-order valence-electron chi connectivity index (χ4n) is 3.38. The lowest BCUT2D eigenvalue weighted by Crippen LogP contribution is -2.29. The molecule has 0 saturated heterocycles. The number of benzene rings is 2. The maximum atomic E-state index is 13.1. The zero-order valence-corrected chi connectivity index (χ0v) is 22.0. The van der Waals surface area contributed by atoms with E-state index >= 15 is 0 Å². The molecule has 3 aromatic rings. The number of methoxy groups -OCH3 is 2. The molecular weight excluding hydrogens is 527 g/mol. The van der Waals surface area contributed by atoms with E-state index in [0.29, 0.717) is 40.7 Å². The molecule has 0 spiro atoms. The molecule has 2 aromatic carbocycles. The fraction of sp³-hybridized carbons (Fsp3) is 0.200. The summed E-state index contributed by atoms with van der Waals surface area (Å²) in [6, 6.07) is 10.6. The molecule has 0 aliphatic rings. The third-order valence-corrected chi connectivity index (χ3v) is 6.24. The second-order valence-corrected chi connectivity index (χ2v) is 8.51. The van der Waals surface area contributed by atoms with Crippen molar-refractivity contribution in [3.05, 3.63) is 81.2 Å². The molecule has 1 N–H and O–H groups in total. The first-order valence-corrected chi connectivity index (χ1v) is 11.8. The van der Waals surface area contributed by atoms with Crippen molar-refractivity contribution in [3.63, 3.8) is 0 Å². The van der Waals surface area contributed by atoms with Gasteiger partial charge in [-0.3, -0.25) is 14.5 Å². The maximum Gasteiger partial charge on any atom is 0.249 e. The number of ether oxygens (including phenoxy) is 2. The number of nitrogens with one attached hydrogen (secondary N) is 1. The molecule has 1 heterocycles. The lowest BCUT2D eigenvalue weighted by molar-refractivity contribution is -0.117. The molecule has 2 amide bonds. The van der Waals surface area contributed by atoms with Gasteiger partial charge in [0.1, 0.15) is 23.6 Å². The summed E-state index contributed by atoms with van der Waals surface area (Å²) in [5.41, 5.74) is 3.63. The van der Waals surface area contributed by atoms with Crippen LogP contribution in [0.4, 0.5) is 11.5 Å². The molecule has 8 nitrogen and oxygen atoms in total. The van der Waals surface area contributed by atoms with Crippen LogP contribution in [0.5, 0.6) is 11.5 Å². The number of aromatic nitrogens is 2. The third kappa shape index (κ3) is 6.46. The number of hydrogen-bond acceptors (Lipinski definition) is 6. The van der Waals surface area contributed by atoms with Crippen LogP contribution < -0.4 is 19.7 Å². The summed E-state index contributed by atoms with van der Waals surface area (Å²) in [5.74, 6) is 0.426. The molecule has 188 valence electrons. The first-order valence-electron chi connectivity index (χ1n) is 10.6. The SMILES string of the molecule is COc1cc(OC)c(Cl)c(CC(=O)N(C)c2cc(Cc3ccccc3NC(=O)/C=C/Cl)ncn2)c1Cl. The number of amides is 2. The fourth-order valence-corrected chi connectivity index (χ4v) is 4.13. The number of nitrogens with zero attached hydrogens (tertiary/aromatic N) is 3. The van der Waals surface area contributed by atoms with E-state index < -0.39 is 0 Å². The highest BCUT2D eigenvalue weighted by Crippen LogP contribution is 2.40. The van der Waals surface area contributed by atoms with Crippen molar-refractivity contribution in [1.29, 1.82) is 0 Å². The number of rotatable bonds is 9. The van der Waals surface area contributed by atoms with Crippen LogP contribution in [0.3, 0.4) is 0 Å². The highest BCUT2D eigenvalue weighted by Gasteiger charge is 2.22. The summed E-state index contributed by atoms with van der Waals surface area (Å²) in [6.07, 6.45) is 2.88.